The first-order valence-corrected chi connectivity index (χ1v) is 5.43. The lowest BCUT2D eigenvalue weighted by Gasteiger charge is -2.29. The molecular weight excluding hydrogens is 222 g/mol. The normalized spacial score (nSPS) is 12.8. The van der Waals surface area contributed by atoms with Crippen molar-refractivity contribution in [1.82, 2.24) is 0 Å². The largest absolute Gasteiger partial charge is 0.443 e. The van der Waals surface area contributed by atoms with Crippen LogP contribution in [0.15, 0.2) is 0 Å². The first-order chi connectivity index (χ1) is 7.88. The molecule has 0 saturated carbocycles. The summed E-state index contributed by atoms with van der Waals surface area (Å²) in [6.45, 7) is 7.19. The van der Waals surface area contributed by atoms with Crippen molar-refractivity contribution in [3.63, 3.8) is 0 Å². The Hall–Kier alpha value is -1.25. The third-order valence-corrected chi connectivity index (χ3v) is 2.05. The molecule has 0 saturated heterocycles. The summed E-state index contributed by atoms with van der Waals surface area (Å²) >= 11 is 0. The molecule has 0 heterocycles. The van der Waals surface area contributed by atoms with Crippen LogP contribution in [0.1, 0.15) is 20.8 Å². The van der Waals surface area contributed by atoms with Crippen molar-refractivity contribution in [3.8, 4) is 12.3 Å². The number of nitrogens with two attached hydrogens (primary N) is 1. The van der Waals surface area contributed by atoms with Crippen LogP contribution < -0.4 is 5.73 Å². The molecule has 0 fully saturated rings. The molecule has 1 atom stereocenters. The van der Waals surface area contributed by atoms with E-state index in [-0.39, 0.29) is 24.7 Å². The molecule has 98 valence electrons. The summed E-state index contributed by atoms with van der Waals surface area (Å²) in [5.41, 5.74) is 4.77. The predicted octanol–water partition coefficient (Wildman–Crippen LogP) is 1.16. The van der Waals surface area contributed by atoms with Crippen molar-refractivity contribution >= 4 is 6.09 Å². The van der Waals surface area contributed by atoms with Gasteiger partial charge in [-0.1, -0.05) is 26.7 Å². The third kappa shape index (κ3) is 8.55. The molecule has 0 aliphatic carbocycles. The van der Waals surface area contributed by atoms with Crippen LogP contribution in [0.2, 0.25) is 0 Å². The highest BCUT2D eigenvalue weighted by Crippen LogP contribution is 2.22. The van der Waals surface area contributed by atoms with Crippen LogP contribution in [-0.4, -0.2) is 38.6 Å². The van der Waals surface area contributed by atoms with Crippen molar-refractivity contribution in [2.24, 2.45) is 11.1 Å². The highest BCUT2D eigenvalue weighted by atomic mass is 16.6. The zero-order valence-electron chi connectivity index (χ0n) is 10.7. The Labute approximate surface area is 103 Å². The highest BCUT2D eigenvalue weighted by molar-refractivity contribution is 5.64. The molecule has 5 nitrogen and oxygen atoms in total. The van der Waals surface area contributed by atoms with Gasteiger partial charge in [-0.2, -0.15) is 0 Å². The van der Waals surface area contributed by atoms with Crippen LogP contribution in [0.4, 0.5) is 4.79 Å². The Bertz CT molecular complexity index is 265. The molecule has 2 N–H and O–H groups in total. The van der Waals surface area contributed by atoms with Crippen molar-refractivity contribution in [3.05, 3.63) is 0 Å². The number of primary amides is 1. The molecule has 0 aliphatic heterocycles. The molecule has 1 amide bonds. The van der Waals surface area contributed by atoms with E-state index in [2.05, 4.69) is 5.92 Å². The fourth-order valence-corrected chi connectivity index (χ4v) is 1.04. The van der Waals surface area contributed by atoms with Crippen LogP contribution in [-0.2, 0) is 14.2 Å². The SMILES string of the molecule is C#CCOCCOCC(OC(N)=O)C(C)(C)C. The van der Waals surface area contributed by atoms with Gasteiger partial charge in [0.05, 0.1) is 19.8 Å². The zero-order valence-corrected chi connectivity index (χ0v) is 10.7. The Morgan fingerprint density at radius 1 is 1.35 bits per heavy atom. The highest BCUT2D eigenvalue weighted by Gasteiger charge is 2.27. The van der Waals surface area contributed by atoms with E-state index in [9.17, 15) is 4.79 Å². The van der Waals surface area contributed by atoms with Crippen molar-refractivity contribution in [1.29, 1.82) is 0 Å². The fourth-order valence-electron chi connectivity index (χ4n) is 1.04. The predicted molar refractivity (Wildman–Crippen MR) is 64.4 cm³/mol. The molecule has 17 heavy (non-hydrogen) atoms. The number of carbonyl (C=O) groups excluding carboxylic acids is 1. The second kappa shape index (κ2) is 7.93. The van der Waals surface area contributed by atoms with E-state index >= 15 is 0 Å². The zero-order chi connectivity index (χ0) is 13.3. The summed E-state index contributed by atoms with van der Waals surface area (Å²) in [5, 5.41) is 0. The minimum atomic E-state index is -0.794. The number of rotatable bonds is 7. The maximum absolute atomic E-state index is 10.7. The summed E-state index contributed by atoms with van der Waals surface area (Å²) in [7, 11) is 0. The second-order valence-corrected chi connectivity index (χ2v) is 4.62. The van der Waals surface area contributed by atoms with E-state index in [1.807, 2.05) is 20.8 Å². The smallest absolute Gasteiger partial charge is 0.404 e. The maximum atomic E-state index is 10.7. The lowest BCUT2D eigenvalue weighted by atomic mass is 9.89. The van der Waals surface area contributed by atoms with E-state index in [1.165, 1.54) is 0 Å². The van der Waals surface area contributed by atoms with Gasteiger partial charge in [0, 0.05) is 5.41 Å². The number of carbonyl (C=O) groups is 1. The average molecular weight is 243 g/mol. The Morgan fingerprint density at radius 2 is 1.94 bits per heavy atom. The third-order valence-electron chi connectivity index (χ3n) is 2.05. The van der Waals surface area contributed by atoms with Gasteiger partial charge in [-0.25, -0.2) is 4.79 Å². The van der Waals surface area contributed by atoms with Gasteiger partial charge in [-0.3, -0.25) is 0 Å². The van der Waals surface area contributed by atoms with Gasteiger partial charge in [0.15, 0.2) is 0 Å². The standard InChI is InChI=1S/C12H21NO4/c1-5-6-15-7-8-16-9-10(12(2,3)4)17-11(13)14/h1,10H,6-9H2,2-4H3,(H2,13,14). The summed E-state index contributed by atoms with van der Waals surface area (Å²) in [6.07, 6.45) is 3.84. The second-order valence-electron chi connectivity index (χ2n) is 4.62. The Balaban J connectivity index is 3.86. The van der Waals surface area contributed by atoms with E-state index in [1.54, 1.807) is 0 Å². The van der Waals surface area contributed by atoms with E-state index < -0.39 is 6.09 Å². The van der Waals surface area contributed by atoms with Gasteiger partial charge in [0.25, 0.3) is 0 Å². The van der Waals surface area contributed by atoms with E-state index in [0.29, 0.717) is 13.2 Å². The molecular formula is C12H21NO4. The minimum absolute atomic E-state index is 0.227. The lowest BCUT2D eigenvalue weighted by molar-refractivity contribution is -0.0394. The monoisotopic (exact) mass is 243 g/mol. The van der Waals surface area contributed by atoms with Gasteiger partial charge < -0.3 is 19.9 Å². The first-order valence-electron chi connectivity index (χ1n) is 5.43. The van der Waals surface area contributed by atoms with Crippen LogP contribution >= 0.6 is 0 Å². The molecule has 0 spiro atoms. The van der Waals surface area contributed by atoms with Crippen molar-refractivity contribution < 1.29 is 19.0 Å². The molecule has 0 aromatic carbocycles. The van der Waals surface area contributed by atoms with Gasteiger partial charge in [-0.15, -0.1) is 6.42 Å². The van der Waals surface area contributed by atoms with Gasteiger partial charge in [0.2, 0.25) is 0 Å². The quantitative estimate of drug-likeness (QED) is 0.538. The van der Waals surface area contributed by atoms with Crippen LogP contribution in [0.25, 0.3) is 0 Å². The van der Waals surface area contributed by atoms with Crippen LogP contribution in [0.3, 0.4) is 0 Å². The average Bonchev–Trinajstić information content (AvgIpc) is 2.19. The van der Waals surface area contributed by atoms with Crippen molar-refractivity contribution in [2.75, 3.05) is 26.4 Å². The molecule has 0 radical (unpaired) electrons. The molecule has 0 rings (SSSR count). The molecule has 0 aromatic heterocycles. The summed E-state index contributed by atoms with van der Waals surface area (Å²) in [5.74, 6) is 2.35. The van der Waals surface area contributed by atoms with Crippen LogP contribution in [0.5, 0.6) is 0 Å². The number of terminal acetylenes is 1. The first kappa shape index (κ1) is 15.8. The lowest BCUT2D eigenvalue weighted by Crippen LogP contribution is -2.37. The van der Waals surface area contributed by atoms with Crippen LogP contribution in [0, 0.1) is 17.8 Å². The molecule has 0 bridgehead atoms. The van der Waals surface area contributed by atoms with Gasteiger partial charge in [0.1, 0.15) is 12.7 Å². The minimum Gasteiger partial charge on any atom is -0.443 e. The number of ether oxygens (including phenoxy) is 3. The van der Waals surface area contributed by atoms with E-state index in [4.69, 9.17) is 26.4 Å². The fraction of sp³-hybridized carbons (Fsp3) is 0.750. The number of amides is 1. The molecule has 0 aromatic rings. The number of hydrogen-bond donors (Lipinski definition) is 1. The molecule has 0 aliphatic rings. The summed E-state index contributed by atoms with van der Waals surface area (Å²) in [4.78, 5) is 10.7. The topological polar surface area (TPSA) is 70.8 Å². The van der Waals surface area contributed by atoms with Gasteiger partial charge >= 0.3 is 6.09 Å². The number of hydrogen-bond acceptors (Lipinski definition) is 4. The molecule has 1 unspecified atom stereocenters. The summed E-state index contributed by atoms with van der Waals surface area (Å²) in [6, 6.07) is 0. The summed E-state index contributed by atoms with van der Waals surface area (Å²) < 4.78 is 15.4. The maximum Gasteiger partial charge on any atom is 0.404 e. The van der Waals surface area contributed by atoms with Gasteiger partial charge in [-0.05, 0) is 0 Å². The van der Waals surface area contributed by atoms with E-state index in [0.717, 1.165) is 0 Å². The Kier molecular flexibility index (Phi) is 7.35. The van der Waals surface area contributed by atoms with Crippen molar-refractivity contribution in [2.45, 2.75) is 26.9 Å². The Morgan fingerprint density at radius 3 is 2.41 bits per heavy atom. The molecule has 5 heteroatoms.